The third-order valence-corrected chi connectivity index (χ3v) is 7.93. The van der Waals surface area contributed by atoms with E-state index in [1.54, 1.807) is 13.3 Å². The molecule has 41 heavy (non-hydrogen) atoms. The summed E-state index contributed by atoms with van der Waals surface area (Å²) in [5, 5.41) is 9.32. The van der Waals surface area contributed by atoms with E-state index in [1.165, 1.54) is 0 Å². The highest BCUT2D eigenvalue weighted by atomic mass is 32.1. The minimum atomic E-state index is -0.184. The van der Waals surface area contributed by atoms with Crippen LogP contribution >= 0.6 is 12.2 Å². The number of nitrogens with zero attached hydrogens (tertiary/aromatic N) is 3. The molecule has 3 heterocycles. The van der Waals surface area contributed by atoms with Gasteiger partial charge in [0.25, 0.3) is 0 Å². The number of aryl methyl sites for hydroxylation is 1. The van der Waals surface area contributed by atoms with E-state index in [4.69, 9.17) is 17.0 Å². The Morgan fingerprint density at radius 2 is 1.76 bits per heavy atom. The van der Waals surface area contributed by atoms with Crippen molar-refractivity contribution in [1.82, 2.24) is 19.8 Å². The van der Waals surface area contributed by atoms with Gasteiger partial charge in [-0.1, -0.05) is 42.5 Å². The van der Waals surface area contributed by atoms with Crippen molar-refractivity contribution in [3.8, 4) is 11.4 Å². The van der Waals surface area contributed by atoms with Crippen molar-refractivity contribution in [3.63, 3.8) is 0 Å². The fourth-order valence-corrected chi connectivity index (χ4v) is 5.94. The largest absolute Gasteiger partial charge is 0.497 e. The van der Waals surface area contributed by atoms with Crippen LogP contribution in [0.5, 0.6) is 5.75 Å². The minimum absolute atomic E-state index is 0.0640. The molecule has 1 fully saturated rings. The van der Waals surface area contributed by atoms with Crippen molar-refractivity contribution in [2.24, 2.45) is 0 Å². The van der Waals surface area contributed by atoms with Crippen LogP contribution in [0.3, 0.4) is 0 Å². The molecule has 0 bridgehead atoms. The molecule has 0 aliphatic carbocycles. The van der Waals surface area contributed by atoms with Crippen molar-refractivity contribution in [1.29, 1.82) is 0 Å². The first-order chi connectivity index (χ1) is 20.0. The predicted molar refractivity (Wildman–Crippen MR) is 166 cm³/mol. The zero-order valence-corrected chi connectivity index (χ0v) is 23.8. The fraction of sp³-hybridized carbons (Fsp3) is 0.182. The van der Waals surface area contributed by atoms with Crippen molar-refractivity contribution >= 4 is 39.7 Å². The summed E-state index contributed by atoms with van der Waals surface area (Å²) >= 11 is 5.87. The van der Waals surface area contributed by atoms with Gasteiger partial charge >= 0.3 is 0 Å². The second-order valence-corrected chi connectivity index (χ2v) is 10.5. The minimum Gasteiger partial charge on any atom is -0.497 e. The molecule has 2 atom stereocenters. The van der Waals surface area contributed by atoms with Crippen LogP contribution < -0.4 is 15.4 Å². The molecule has 8 heteroatoms. The lowest BCUT2D eigenvalue weighted by molar-refractivity contribution is -0.116. The summed E-state index contributed by atoms with van der Waals surface area (Å²) in [6, 6.07) is 31.8. The quantitative estimate of drug-likeness (QED) is 0.215. The Morgan fingerprint density at radius 3 is 2.54 bits per heavy atom. The molecule has 1 amide bonds. The first-order valence-electron chi connectivity index (χ1n) is 13.6. The van der Waals surface area contributed by atoms with E-state index in [9.17, 15) is 4.79 Å². The standard InChI is InChI=1S/C33H31N5O2S/c1-22-13-18-29(38(22)24-14-16-25(40-2)17-15-24)32-31(28-11-5-6-20-34-28)36-33(41)37(32)21-19-30(39)35-27-12-7-9-23-8-3-4-10-26(23)27/h3-18,20,31-32H,19,21H2,1-2H3,(H,35,39)(H,36,41)/t31-,32+/m0/s1. The number of benzene rings is 3. The van der Waals surface area contributed by atoms with Crippen LogP contribution in [0.15, 0.2) is 103 Å². The van der Waals surface area contributed by atoms with Gasteiger partial charge in [0.05, 0.1) is 24.9 Å². The van der Waals surface area contributed by atoms with E-state index in [0.717, 1.165) is 45.0 Å². The predicted octanol–water partition coefficient (Wildman–Crippen LogP) is 6.34. The Morgan fingerprint density at radius 1 is 0.976 bits per heavy atom. The summed E-state index contributed by atoms with van der Waals surface area (Å²) in [6.45, 7) is 2.54. The number of ether oxygens (including phenoxy) is 1. The Balaban J connectivity index is 1.31. The molecule has 1 aliphatic rings. The first kappa shape index (κ1) is 26.5. The van der Waals surface area contributed by atoms with Gasteiger partial charge in [0.2, 0.25) is 5.91 Å². The zero-order valence-electron chi connectivity index (χ0n) is 23.0. The zero-order chi connectivity index (χ0) is 28.3. The normalized spacial score (nSPS) is 16.5. The maximum atomic E-state index is 13.2. The smallest absolute Gasteiger partial charge is 0.226 e. The monoisotopic (exact) mass is 561 g/mol. The van der Waals surface area contributed by atoms with Gasteiger partial charge in [-0.2, -0.15) is 0 Å². The molecule has 0 saturated carbocycles. The molecule has 0 radical (unpaired) electrons. The summed E-state index contributed by atoms with van der Waals surface area (Å²) in [6.07, 6.45) is 2.07. The maximum absolute atomic E-state index is 13.2. The van der Waals surface area contributed by atoms with Crippen LogP contribution in [0, 0.1) is 6.92 Å². The lowest BCUT2D eigenvalue weighted by Gasteiger charge is -2.29. The van der Waals surface area contributed by atoms with Crippen molar-refractivity contribution < 1.29 is 9.53 Å². The average Bonchev–Trinajstić information content (AvgIpc) is 3.55. The number of fused-ring (bicyclic) bond motifs is 1. The number of hydrogen-bond acceptors (Lipinski definition) is 4. The summed E-state index contributed by atoms with van der Waals surface area (Å²) in [5.74, 6) is 0.736. The molecular formula is C33H31N5O2S. The van der Waals surface area contributed by atoms with E-state index in [0.29, 0.717) is 11.7 Å². The number of amides is 1. The summed E-state index contributed by atoms with van der Waals surface area (Å²) in [5.41, 5.74) is 4.88. The number of carbonyl (C=O) groups is 1. The number of anilines is 1. The average molecular weight is 562 g/mol. The lowest BCUT2D eigenvalue weighted by atomic mass is 10.0. The van der Waals surface area contributed by atoms with E-state index in [2.05, 4.69) is 44.1 Å². The van der Waals surface area contributed by atoms with Gasteiger partial charge < -0.3 is 24.8 Å². The molecular weight excluding hydrogens is 530 g/mol. The number of carbonyl (C=O) groups excluding carboxylic acids is 1. The number of aromatic nitrogens is 2. The Hall–Kier alpha value is -4.69. The van der Waals surface area contributed by atoms with Crippen LogP contribution in [-0.4, -0.2) is 39.1 Å². The van der Waals surface area contributed by atoms with E-state index in [-0.39, 0.29) is 24.4 Å². The van der Waals surface area contributed by atoms with Crippen LogP contribution in [-0.2, 0) is 4.79 Å². The molecule has 6 rings (SSSR count). The molecule has 2 aromatic heterocycles. The molecule has 1 saturated heterocycles. The van der Waals surface area contributed by atoms with E-state index in [1.807, 2.05) is 84.9 Å². The number of rotatable bonds is 8. The van der Waals surface area contributed by atoms with Crippen LogP contribution in [0.4, 0.5) is 5.69 Å². The van der Waals surface area contributed by atoms with E-state index < -0.39 is 0 Å². The molecule has 5 aromatic rings. The van der Waals surface area contributed by atoms with Gasteiger partial charge in [-0.3, -0.25) is 9.78 Å². The SMILES string of the molecule is COc1ccc(-n2c(C)ccc2[C@@H]2[C@H](c3ccccn3)NC(=S)N2CCC(=O)Nc2cccc3ccccc23)cc1. The number of hydrogen-bond donors (Lipinski definition) is 2. The Kier molecular flexibility index (Phi) is 7.39. The molecule has 7 nitrogen and oxygen atoms in total. The topological polar surface area (TPSA) is 71.4 Å². The first-order valence-corrected chi connectivity index (χ1v) is 14.0. The second kappa shape index (κ2) is 11.4. The molecule has 0 spiro atoms. The van der Waals surface area contributed by atoms with E-state index >= 15 is 0 Å². The Bertz CT molecular complexity index is 1700. The molecule has 2 N–H and O–H groups in total. The molecule has 1 aliphatic heterocycles. The van der Waals surface area contributed by atoms with Crippen molar-refractivity contribution in [2.45, 2.75) is 25.4 Å². The molecule has 206 valence electrons. The highest BCUT2D eigenvalue weighted by molar-refractivity contribution is 7.80. The number of methoxy groups -OCH3 is 1. The maximum Gasteiger partial charge on any atom is 0.226 e. The van der Waals surface area contributed by atoms with Crippen LogP contribution in [0.2, 0.25) is 0 Å². The third kappa shape index (κ3) is 5.26. The van der Waals surface area contributed by atoms with Crippen molar-refractivity contribution in [3.05, 3.63) is 120 Å². The lowest BCUT2D eigenvalue weighted by Crippen LogP contribution is -2.33. The Labute approximate surface area is 244 Å². The number of nitrogens with one attached hydrogen (secondary N) is 2. The van der Waals surface area contributed by atoms with Crippen molar-refractivity contribution in [2.75, 3.05) is 19.0 Å². The third-order valence-electron chi connectivity index (χ3n) is 7.58. The number of thiocarbonyl (C=S) groups is 1. The van der Waals surface area contributed by atoms with Gasteiger partial charge in [0.15, 0.2) is 5.11 Å². The van der Waals surface area contributed by atoms with Crippen LogP contribution in [0.25, 0.3) is 16.5 Å². The molecule has 3 aromatic carbocycles. The van der Waals surface area contributed by atoms with Gasteiger partial charge in [-0.25, -0.2) is 0 Å². The summed E-state index contributed by atoms with van der Waals surface area (Å²) in [7, 11) is 1.66. The fourth-order valence-electron chi connectivity index (χ4n) is 5.61. The van der Waals surface area contributed by atoms with Crippen LogP contribution in [0.1, 0.15) is 35.6 Å². The van der Waals surface area contributed by atoms with Gasteiger partial charge in [-0.15, -0.1) is 0 Å². The van der Waals surface area contributed by atoms with Gasteiger partial charge in [-0.05, 0) is 79.1 Å². The summed E-state index contributed by atoms with van der Waals surface area (Å²) in [4.78, 5) is 20.0. The number of pyridine rings is 1. The highest BCUT2D eigenvalue weighted by Gasteiger charge is 2.41. The van der Waals surface area contributed by atoms with Gasteiger partial charge in [0.1, 0.15) is 5.75 Å². The molecule has 0 unspecified atom stereocenters. The summed E-state index contributed by atoms with van der Waals surface area (Å²) < 4.78 is 7.62. The van der Waals surface area contributed by atoms with Gasteiger partial charge in [0, 0.05) is 47.3 Å². The highest BCUT2D eigenvalue weighted by Crippen LogP contribution is 2.40. The second-order valence-electron chi connectivity index (χ2n) is 10.1.